The van der Waals surface area contributed by atoms with Crippen LogP contribution in [-0.2, 0) is 9.57 Å². The number of carbonyl (C=O) groups excluding carboxylic acids is 1. The number of amides is 1. The van der Waals surface area contributed by atoms with E-state index in [0.29, 0.717) is 48.2 Å². The van der Waals surface area contributed by atoms with Crippen LogP contribution in [0, 0.1) is 11.7 Å². The zero-order valence-corrected chi connectivity index (χ0v) is 21.5. The molecule has 0 saturated carbocycles. The summed E-state index contributed by atoms with van der Waals surface area (Å²) in [6, 6.07) is 8.39. The van der Waals surface area contributed by atoms with Gasteiger partial charge in [-0.3, -0.25) is 4.98 Å². The third kappa shape index (κ3) is 8.53. The summed E-state index contributed by atoms with van der Waals surface area (Å²) in [7, 11) is 0. The molecule has 1 amide bonds. The number of hydrogen-bond donors (Lipinski definition) is 0. The summed E-state index contributed by atoms with van der Waals surface area (Å²) in [6.45, 7) is 13.1. The lowest BCUT2D eigenvalue weighted by molar-refractivity contribution is 0.00197. The topological polar surface area (TPSA) is 73.2 Å². The minimum Gasteiger partial charge on any atom is -0.492 e. The van der Waals surface area contributed by atoms with Gasteiger partial charge in [-0.1, -0.05) is 11.2 Å². The van der Waals surface area contributed by atoms with E-state index in [2.05, 4.69) is 10.1 Å². The largest absolute Gasteiger partial charge is 0.492 e. The smallest absolute Gasteiger partial charge is 0.410 e. The fraction of sp³-hybridized carbons (Fsp3) is 0.519. The second kappa shape index (κ2) is 11.1. The average Bonchev–Trinajstić information content (AvgIpc) is 2.77. The van der Waals surface area contributed by atoms with Gasteiger partial charge >= 0.3 is 6.09 Å². The lowest BCUT2D eigenvalue weighted by Crippen LogP contribution is -2.42. The molecule has 190 valence electrons. The summed E-state index contributed by atoms with van der Waals surface area (Å²) in [6.07, 6.45) is 4.54. The number of benzene rings is 1. The highest BCUT2D eigenvalue weighted by Crippen LogP contribution is 2.25. The first kappa shape index (κ1) is 26.4. The molecule has 1 saturated heterocycles. The molecule has 8 heteroatoms. The van der Waals surface area contributed by atoms with Crippen LogP contribution >= 0.6 is 0 Å². The van der Waals surface area contributed by atoms with Crippen molar-refractivity contribution in [3.8, 4) is 17.0 Å². The molecule has 1 aromatic heterocycles. The maximum absolute atomic E-state index is 14.7. The minimum absolute atomic E-state index is 0.262. The molecule has 35 heavy (non-hydrogen) atoms. The monoisotopic (exact) mass is 485 g/mol. The van der Waals surface area contributed by atoms with Crippen LogP contribution in [0.2, 0.25) is 0 Å². The Morgan fingerprint density at radius 3 is 2.40 bits per heavy atom. The Labute approximate surface area is 207 Å². The minimum atomic E-state index is -0.490. The van der Waals surface area contributed by atoms with Crippen molar-refractivity contribution in [2.75, 3.05) is 19.7 Å². The summed E-state index contributed by atoms with van der Waals surface area (Å²) in [5.74, 6) is 0.594. The quantitative estimate of drug-likeness (QED) is 0.367. The summed E-state index contributed by atoms with van der Waals surface area (Å²) in [5.41, 5.74) is 0.638. The first-order chi connectivity index (χ1) is 16.4. The van der Waals surface area contributed by atoms with Crippen molar-refractivity contribution in [1.82, 2.24) is 9.88 Å². The number of hydrogen-bond acceptors (Lipinski definition) is 6. The molecule has 0 atom stereocenters. The molecule has 2 heterocycles. The van der Waals surface area contributed by atoms with Crippen LogP contribution in [0.3, 0.4) is 0 Å². The standard InChI is InChI=1S/C27H36FN3O4/c1-26(2,3)34-25(32)31-13-11-19(12-14-31)18-33-21-8-10-24(29-17-21)22-9-7-20(15-23(22)28)16-30-35-27(4,5)6/h7-10,15-17,19H,11-14,18H2,1-6H3/b30-16+. The highest BCUT2D eigenvalue weighted by molar-refractivity contribution is 5.80. The third-order valence-corrected chi connectivity index (χ3v) is 5.29. The van der Waals surface area contributed by atoms with Crippen LogP contribution in [0.25, 0.3) is 11.3 Å². The van der Waals surface area contributed by atoms with Crippen molar-refractivity contribution < 1.29 is 23.5 Å². The van der Waals surface area contributed by atoms with Crippen molar-refractivity contribution in [2.24, 2.45) is 11.1 Å². The van der Waals surface area contributed by atoms with E-state index in [0.717, 1.165) is 12.8 Å². The molecule has 1 aromatic carbocycles. The van der Waals surface area contributed by atoms with Gasteiger partial charge in [-0.05, 0) is 90.1 Å². The van der Waals surface area contributed by atoms with E-state index < -0.39 is 11.2 Å². The number of ether oxygens (including phenoxy) is 2. The predicted molar refractivity (Wildman–Crippen MR) is 134 cm³/mol. The van der Waals surface area contributed by atoms with E-state index in [1.54, 1.807) is 35.4 Å². The molecule has 1 aliphatic rings. The van der Waals surface area contributed by atoms with E-state index >= 15 is 0 Å². The SMILES string of the molecule is CC(C)(C)O/N=C/c1ccc(-c2ccc(OCC3CCN(C(=O)OC(C)(C)C)CC3)cn2)c(F)c1. The summed E-state index contributed by atoms with van der Waals surface area (Å²) in [5, 5.41) is 3.90. The van der Waals surface area contributed by atoms with Crippen LogP contribution in [0.4, 0.5) is 9.18 Å². The molecule has 0 spiro atoms. The Bertz CT molecular complexity index is 1020. The lowest BCUT2D eigenvalue weighted by atomic mass is 9.98. The van der Waals surface area contributed by atoms with Gasteiger partial charge < -0.3 is 19.2 Å². The van der Waals surface area contributed by atoms with Gasteiger partial charge in [0.05, 0.1) is 24.7 Å². The van der Waals surface area contributed by atoms with E-state index in [-0.39, 0.29) is 11.9 Å². The van der Waals surface area contributed by atoms with Gasteiger partial charge in [0.25, 0.3) is 0 Å². The number of halogens is 1. The number of piperidine rings is 1. The molecule has 3 rings (SSSR count). The van der Waals surface area contributed by atoms with Gasteiger partial charge in [-0.25, -0.2) is 9.18 Å². The maximum Gasteiger partial charge on any atom is 0.410 e. The van der Waals surface area contributed by atoms with E-state index in [9.17, 15) is 9.18 Å². The zero-order chi connectivity index (χ0) is 25.6. The van der Waals surface area contributed by atoms with Crippen molar-refractivity contribution in [2.45, 2.75) is 65.6 Å². The molecule has 0 N–H and O–H groups in total. The molecule has 7 nitrogen and oxygen atoms in total. The van der Waals surface area contributed by atoms with E-state index in [1.165, 1.54) is 12.3 Å². The van der Waals surface area contributed by atoms with Gasteiger partial charge in [0.15, 0.2) is 0 Å². The number of likely N-dealkylation sites (tertiary alicyclic amines) is 1. The molecule has 0 bridgehead atoms. The molecule has 1 fully saturated rings. The van der Waals surface area contributed by atoms with Crippen molar-refractivity contribution in [3.05, 3.63) is 47.9 Å². The Hall–Kier alpha value is -3.16. The van der Waals surface area contributed by atoms with Gasteiger partial charge in [0.2, 0.25) is 0 Å². The number of carbonyl (C=O) groups is 1. The third-order valence-electron chi connectivity index (χ3n) is 5.29. The lowest BCUT2D eigenvalue weighted by Gasteiger charge is -2.33. The maximum atomic E-state index is 14.7. The number of oxime groups is 1. The highest BCUT2D eigenvalue weighted by atomic mass is 19.1. The normalized spacial score (nSPS) is 15.3. The number of rotatable bonds is 6. The number of aromatic nitrogens is 1. The fourth-order valence-corrected chi connectivity index (χ4v) is 3.51. The molecule has 0 unspecified atom stereocenters. The first-order valence-electron chi connectivity index (χ1n) is 12.0. The summed E-state index contributed by atoms with van der Waals surface area (Å²) in [4.78, 5) is 23.6. The fourth-order valence-electron chi connectivity index (χ4n) is 3.51. The van der Waals surface area contributed by atoms with E-state index in [4.69, 9.17) is 14.3 Å². The van der Waals surface area contributed by atoms with Crippen LogP contribution in [0.5, 0.6) is 5.75 Å². The first-order valence-corrected chi connectivity index (χ1v) is 12.0. The van der Waals surface area contributed by atoms with Crippen LogP contribution in [0.1, 0.15) is 59.9 Å². The van der Waals surface area contributed by atoms with E-state index in [1.807, 2.05) is 41.5 Å². The van der Waals surface area contributed by atoms with Crippen molar-refractivity contribution >= 4 is 12.3 Å². The zero-order valence-electron chi connectivity index (χ0n) is 21.5. The van der Waals surface area contributed by atoms with Gasteiger partial charge in [0.1, 0.15) is 22.8 Å². The van der Waals surface area contributed by atoms with Crippen molar-refractivity contribution in [1.29, 1.82) is 0 Å². The van der Waals surface area contributed by atoms with Crippen molar-refractivity contribution in [3.63, 3.8) is 0 Å². The number of pyridine rings is 1. The molecule has 1 aliphatic heterocycles. The highest BCUT2D eigenvalue weighted by Gasteiger charge is 2.27. The Morgan fingerprint density at radius 1 is 1.11 bits per heavy atom. The Kier molecular flexibility index (Phi) is 8.35. The van der Waals surface area contributed by atoms with Crippen LogP contribution in [-0.4, -0.2) is 53.1 Å². The summed E-state index contributed by atoms with van der Waals surface area (Å²) >= 11 is 0. The molecular weight excluding hydrogens is 449 g/mol. The molecule has 2 aromatic rings. The van der Waals surface area contributed by atoms with Gasteiger partial charge in [0, 0.05) is 18.7 Å². The second-order valence-electron chi connectivity index (χ2n) is 10.8. The van der Waals surface area contributed by atoms with Crippen LogP contribution in [0.15, 0.2) is 41.7 Å². The molecule has 0 aliphatic carbocycles. The molecular formula is C27H36FN3O4. The summed E-state index contributed by atoms with van der Waals surface area (Å²) < 4.78 is 26.0. The van der Waals surface area contributed by atoms with Gasteiger partial charge in [-0.2, -0.15) is 0 Å². The molecule has 0 radical (unpaired) electrons. The Morgan fingerprint density at radius 2 is 1.83 bits per heavy atom. The Balaban J connectivity index is 1.50. The average molecular weight is 486 g/mol. The predicted octanol–water partition coefficient (Wildman–Crippen LogP) is 6.06. The number of nitrogens with zero attached hydrogens (tertiary/aromatic N) is 3. The van der Waals surface area contributed by atoms with Crippen LogP contribution < -0.4 is 4.74 Å². The second-order valence-corrected chi connectivity index (χ2v) is 10.8. The van der Waals surface area contributed by atoms with Gasteiger partial charge in [-0.15, -0.1) is 0 Å².